The Morgan fingerprint density at radius 2 is 1.75 bits per heavy atom. The average molecular weight is 323 g/mol. The molecule has 0 heterocycles. The lowest BCUT2D eigenvalue weighted by molar-refractivity contribution is -0.116. The fourth-order valence-electron chi connectivity index (χ4n) is 2.23. The minimum Gasteiger partial charge on any atom is -0.465 e. The highest BCUT2D eigenvalue weighted by molar-refractivity contribution is 5.92. The van der Waals surface area contributed by atoms with E-state index in [1.165, 1.54) is 18.7 Å². The van der Waals surface area contributed by atoms with Crippen LogP contribution < -0.4 is 5.32 Å². The first kappa shape index (κ1) is 17.5. The van der Waals surface area contributed by atoms with Gasteiger partial charge < -0.3 is 10.1 Å². The van der Waals surface area contributed by atoms with Crippen LogP contribution in [0.25, 0.3) is 6.08 Å². The lowest BCUT2D eigenvalue weighted by Crippen LogP contribution is -2.25. The maximum atomic E-state index is 11.9. The molecule has 0 saturated heterocycles. The molecule has 0 aliphatic rings. The Hall–Kier alpha value is -2.88. The van der Waals surface area contributed by atoms with E-state index in [1.54, 1.807) is 30.3 Å². The predicted octanol–water partition coefficient (Wildman–Crippen LogP) is 3.41. The summed E-state index contributed by atoms with van der Waals surface area (Å²) >= 11 is 0. The molecular weight excluding hydrogens is 302 g/mol. The highest BCUT2D eigenvalue weighted by Gasteiger charge is 2.06. The molecule has 1 amide bonds. The number of hydrogen-bond acceptors (Lipinski definition) is 3. The smallest absolute Gasteiger partial charge is 0.337 e. The standard InChI is InChI=1S/C20H21NO3/c1-15(17-6-4-3-5-7-17)14-21-19(22)13-10-16-8-11-18(12-9-16)20(23)24-2/h3-13,15H,14H2,1-2H3,(H,21,22)/b13-10+. The molecule has 4 heteroatoms. The lowest BCUT2D eigenvalue weighted by Gasteiger charge is -2.11. The highest BCUT2D eigenvalue weighted by atomic mass is 16.5. The van der Waals surface area contributed by atoms with Crippen LogP contribution in [0.1, 0.15) is 34.3 Å². The van der Waals surface area contributed by atoms with E-state index in [1.807, 2.05) is 18.2 Å². The number of ether oxygens (including phenoxy) is 1. The van der Waals surface area contributed by atoms with Gasteiger partial charge in [0.15, 0.2) is 0 Å². The van der Waals surface area contributed by atoms with Gasteiger partial charge in [0, 0.05) is 12.6 Å². The van der Waals surface area contributed by atoms with Crippen LogP contribution in [-0.4, -0.2) is 25.5 Å². The second-order valence-electron chi connectivity index (χ2n) is 5.50. The molecule has 124 valence electrons. The first-order chi connectivity index (χ1) is 11.6. The van der Waals surface area contributed by atoms with Crippen LogP contribution in [0, 0.1) is 0 Å². The van der Waals surface area contributed by atoms with Crippen LogP contribution >= 0.6 is 0 Å². The summed E-state index contributed by atoms with van der Waals surface area (Å²) in [7, 11) is 1.34. The maximum Gasteiger partial charge on any atom is 0.337 e. The molecule has 1 N–H and O–H groups in total. The van der Waals surface area contributed by atoms with Crippen LogP contribution in [0.2, 0.25) is 0 Å². The number of methoxy groups -OCH3 is 1. The minimum atomic E-state index is -0.377. The zero-order valence-electron chi connectivity index (χ0n) is 13.9. The van der Waals surface area contributed by atoms with Crippen molar-refractivity contribution in [1.82, 2.24) is 5.32 Å². The highest BCUT2D eigenvalue weighted by Crippen LogP contribution is 2.13. The third-order valence-electron chi connectivity index (χ3n) is 3.71. The Kier molecular flexibility index (Phi) is 6.32. The van der Waals surface area contributed by atoms with E-state index in [-0.39, 0.29) is 17.8 Å². The Labute approximate surface area is 142 Å². The summed E-state index contributed by atoms with van der Waals surface area (Å²) in [4.78, 5) is 23.3. The summed E-state index contributed by atoms with van der Waals surface area (Å²) in [5.41, 5.74) is 2.52. The van der Waals surface area contributed by atoms with Crippen LogP contribution in [0.5, 0.6) is 0 Å². The third kappa shape index (κ3) is 5.09. The van der Waals surface area contributed by atoms with Gasteiger partial charge in [-0.25, -0.2) is 4.79 Å². The average Bonchev–Trinajstić information content (AvgIpc) is 2.64. The molecule has 2 aromatic carbocycles. The Morgan fingerprint density at radius 1 is 1.08 bits per heavy atom. The molecule has 2 rings (SSSR count). The van der Waals surface area contributed by atoms with Crippen LogP contribution in [0.4, 0.5) is 0 Å². The molecule has 1 atom stereocenters. The zero-order valence-corrected chi connectivity index (χ0v) is 13.9. The Morgan fingerprint density at radius 3 is 2.38 bits per heavy atom. The summed E-state index contributed by atoms with van der Waals surface area (Å²) in [5, 5.41) is 2.89. The first-order valence-corrected chi connectivity index (χ1v) is 7.79. The van der Waals surface area contributed by atoms with E-state index in [0.29, 0.717) is 12.1 Å². The van der Waals surface area contributed by atoms with Gasteiger partial charge in [-0.1, -0.05) is 49.4 Å². The van der Waals surface area contributed by atoms with Gasteiger partial charge >= 0.3 is 5.97 Å². The summed E-state index contributed by atoms with van der Waals surface area (Å²) < 4.78 is 4.64. The first-order valence-electron chi connectivity index (χ1n) is 7.79. The number of carbonyl (C=O) groups excluding carboxylic acids is 2. The van der Waals surface area contributed by atoms with Gasteiger partial charge in [0.2, 0.25) is 5.91 Å². The molecular formula is C20H21NO3. The molecule has 4 nitrogen and oxygen atoms in total. The number of benzene rings is 2. The van der Waals surface area contributed by atoms with Gasteiger partial charge in [0.1, 0.15) is 0 Å². The number of nitrogens with one attached hydrogen (secondary N) is 1. The molecule has 0 aliphatic carbocycles. The monoisotopic (exact) mass is 323 g/mol. The normalized spacial score (nSPS) is 11.9. The van der Waals surface area contributed by atoms with Crippen molar-refractivity contribution in [2.24, 2.45) is 0 Å². The second-order valence-corrected chi connectivity index (χ2v) is 5.50. The molecule has 24 heavy (non-hydrogen) atoms. The van der Waals surface area contributed by atoms with Gasteiger partial charge in [-0.05, 0) is 35.3 Å². The van der Waals surface area contributed by atoms with Gasteiger partial charge in [-0.3, -0.25) is 4.79 Å². The molecule has 0 radical (unpaired) electrons. The van der Waals surface area contributed by atoms with Crippen molar-refractivity contribution in [3.63, 3.8) is 0 Å². The molecule has 0 aliphatic heterocycles. The van der Waals surface area contributed by atoms with Crippen molar-refractivity contribution in [2.45, 2.75) is 12.8 Å². The van der Waals surface area contributed by atoms with Crippen molar-refractivity contribution in [3.8, 4) is 0 Å². The van der Waals surface area contributed by atoms with E-state index >= 15 is 0 Å². The SMILES string of the molecule is COC(=O)c1ccc(/C=C/C(=O)NCC(C)c2ccccc2)cc1. The predicted molar refractivity (Wildman–Crippen MR) is 94.7 cm³/mol. The topological polar surface area (TPSA) is 55.4 Å². The minimum absolute atomic E-state index is 0.144. The molecule has 0 aromatic heterocycles. The fourth-order valence-corrected chi connectivity index (χ4v) is 2.23. The van der Waals surface area contributed by atoms with Crippen molar-refractivity contribution < 1.29 is 14.3 Å². The Bertz CT molecular complexity index is 705. The Balaban J connectivity index is 1.85. The molecule has 0 saturated carbocycles. The third-order valence-corrected chi connectivity index (χ3v) is 3.71. The number of esters is 1. The number of rotatable bonds is 6. The van der Waals surface area contributed by atoms with E-state index in [9.17, 15) is 9.59 Å². The van der Waals surface area contributed by atoms with Gasteiger partial charge in [-0.2, -0.15) is 0 Å². The molecule has 1 unspecified atom stereocenters. The zero-order chi connectivity index (χ0) is 17.4. The van der Waals surface area contributed by atoms with Crippen LogP contribution in [-0.2, 0) is 9.53 Å². The lowest BCUT2D eigenvalue weighted by atomic mass is 10.0. The van der Waals surface area contributed by atoms with Gasteiger partial charge in [0.25, 0.3) is 0 Å². The van der Waals surface area contributed by atoms with Crippen molar-refractivity contribution in [2.75, 3.05) is 13.7 Å². The quantitative estimate of drug-likeness (QED) is 0.655. The largest absolute Gasteiger partial charge is 0.465 e. The summed E-state index contributed by atoms with van der Waals surface area (Å²) in [6.07, 6.45) is 3.20. The fraction of sp³-hybridized carbons (Fsp3) is 0.200. The van der Waals surface area contributed by atoms with Crippen LogP contribution in [0.3, 0.4) is 0 Å². The van der Waals surface area contributed by atoms with Crippen LogP contribution in [0.15, 0.2) is 60.7 Å². The molecule has 2 aromatic rings. The van der Waals surface area contributed by atoms with Crippen molar-refractivity contribution in [1.29, 1.82) is 0 Å². The molecule has 0 bridgehead atoms. The van der Waals surface area contributed by atoms with E-state index < -0.39 is 0 Å². The van der Waals surface area contributed by atoms with E-state index in [2.05, 4.69) is 29.1 Å². The number of hydrogen-bond donors (Lipinski definition) is 1. The van der Waals surface area contributed by atoms with Gasteiger partial charge in [-0.15, -0.1) is 0 Å². The van der Waals surface area contributed by atoms with Crippen molar-refractivity contribution in [3.05, 3.63) is 77.4 Å². The molecule has 0 spiro atoms. The van der Waals surface area contributed by atoms with E-state index in [0.717, 1.165) is 5.56 Å². The summed E-state index contributed by atoms with van der Waals surface area (Å²) in [6.45, 7) is 2.65. The van der Waals surface area contributed by atoms with Crippen molar-refractivity contribution >= 4 is 18.0 Å². The summed E-state index contributed by atoms with van der Waals surface area (Å²) in [5.74, 6) is -0.268. The maximum absolute atomic E-state index is 11.9. The number of amides is 1. The van der Waals surface area contributed by atoms with E-state index in [4.69, 9.17) is 0 Å². The number of carbonyl (C=O) groups is 2. The second kappa shape index (κ2) is 8.67. The summed E-state index contributed by atoms with van der Waals surface area (Å²) in [6, 6.07) is 16.9. The molecule has 0 fully saturated rings. The van der Waals surface area contributed by atoms with Gasteiger partial charge in [0.05, 0.1) is 12.7 Å².